The van der Waals surface area contributed by atoms with Gasteiger partial charge in [-0.1, -0.05) is 20.8 Å². The summed E-state index contributed by atoms with van der Waals surface area (Å²) in [6, 6.07) is 0. The van der Waals surface area contributed by atoms with Gasteiger partial charge in [0.1, 0.15) is 0 Å². The lowest BCUT2D eigenvalue weighted by Gasteiger charge is -2.18. The van der Waals surface area contributed by atoms with Gasteiger partial charge in [-0.15, -0.1) is 0 Å². The Morgan fingerprint density at radius 3 is 2.00 bits per heavy atom. The Bertz CT molecular complexity index is 361. The minimum absolute atomic E-state index is 0.0698. The van der Waals surface area contributed by atoms with Crippen molar-refractivity contribution in [2.45, 2.75) is 27.2 Å². The summed E-state index contributed by atoms with van der Waals surface area (Å²) >= 11 is 0. The molecule has 0 unspecified atom stereocenters. The van der Waals surface area contributed by atoms with Crippen LogP contribution in [-0.2, 0) is 6.42 Å². The Labute approximate surface area is 70.4 Å². The summed E-state index contributed by atoms with van der Waals surface area (Å²) in [7, 11) is 0. The number of hydrogen-bond donors (Lipinski definition) is 1. The smallest absolute Gasteiger partial charge is 0.267 e. The Balaban J connectivity index is 2.95. The van der Waals surface area contributed by atoms with Gasteiger partial charge in [-0.2, -0.15) is 0 Å². The molecule has 66 valence electrons. The van der Waals surface area contributed by atoms with Crippen LogP contribution in [0.4, 0.5) is 0 Å². The summed E-state index contributed by atoms with van der Waals surface area (Å²) in [6.07, 6.45) is 0.462. The molecule has 0 atom stereocenters. The molecule has 1 N–H and O–H groups in total. The maximum absolute atomic E-state index is 10.9. The Morgan fingerprint density at radius 2 is 1.67 bits per heavy atom. The molecule has 0 radical (unpaired) electrons. The molecule has 0 aliphatic heterocycles. The van der Waals surface area contributed by atoms with E-state index < -0.39 is 10.9 Å². The summed E-state index contributed by atoms with van der Waals surface area (Å²) in [6.45, 7) is 5.84. The molecule has 0 spiro atoms. The second kappa shape index (κ2) is 2.44. The molecule has 1 aromatic carbocycles. The van der Waals surface area contributed by atoms with Crippen molar-refractivity contribution in [3.8, 4) is 5.75 Å². The fourth-order valence-corrected chi connectivity index (χ4v) is 1.12. The van der Waals surface area contributed by atoms with E-state index in [2.05, 4.69) is 0 Å². The van der Waals surface area contributed by atoms with Gasteiger partial charge >= 0.3 is 0 Å². The van der Waals surface area contributed by atoms with Crippen LogP contribution in [0.2, 0.25) is 0 Å². The first-order valence-corrected chi connectivity index (χ1v) is 3.84. The van der Waals surface area contributed by atoms with Gasteiger partial charge in [-0.05, 0) is 11.8 Å². The van der Waals surface area contributed by atoms with Crippen LogP contribution in [0.3, 0.4) is 0 Å². The standard InChI is InChI=1S/C9H12O3/c1-9(2,3)4-5-6(10)8(12)7(5)11/h10H,4H2,1-3H3. The van der Waals surface area contributed by atoms with E-state index in [-0.39, 0.29) is 16.7 Å². The molecule has 0 fully saturated rings. The molecule has 0 saturated carbocycles. The lowest BCUT2D eigenvalue weighted by atomic mass is 9.86. The van der Waals surface area contributed by atoms with Crippen molar-refractivity contribution in [1.29, 1.82) is 0 Å². The fourth-order valence-electron chi connectivity index (χ4n) is 1.12. The highest BCUT2D eigenvalue weighted by atomic mass is 16.3. The van der Waals surface area contributed by atoms with E-state index in [9.17, 15) is 9.59 Å². The first-order chi connectivity index (χ1) is 5.33. The van der Waals surface area contributed by atoms with Gasteiger partial charge in [0, 0.05) is 0 Å². The molecule has 0 amide bonds. The van der Waals surface area contributed by atoms with E-state index in [0.717, 1.165) is 0 Å². The molecule has 0 bridgehead atoms. The van der Waals surface area contributed by atoms with Crippen LogP contribution in [0.25, 0.3) is 0 Å². The Kier molecular flexibility index (Phi) is 1.82. The second-order valence-electron chi connectivity index (χ2n) is 4.22. The third kappa shape index (κ3) is 1.40. The number of aromatic hydroxyl groups is 1. The highest BCUT2D eigenvalue weighted by molar-refractivity contribution is 5.38. The quantitative estimate of drug-likeness (QED) is 0.624. The minimum atomic E-state index is -0.741. The van der Waals surface area contributed by atoms with Gasteiger partial charge in [-0.25, -0.2) is 0 Å². The van der Waals surface area contributed by atoms with Crippen molar-refractivity contribution in [3.05, 3.63) is 26.0 Å². The molecule has 0 heterocycles. The summed E-state index contributed by atoms with van der Waals surface area (Å²) in [5.74, 6) is -0.338. The van der Waals surface area contributed by atoms with Gasteiger partial charge in [0.15, 0.2) is 5.75 Å². The predicted octanol–water partition coefficient (Wildman–Crippen LogP) is 0.577. The molecule has 1 aromatic rings. The zero-order chi connectivity index (χ0) is 9.52. The van der Waals surface area contributed by atoms with E-state index in [0.29, 0.717) is 6.42 Å². The number of rotatable bonds is 1. The van der Waals surface area contributed by atoms with Crippen LogP contribution in [-0.4, -0.2) is 5.11 Å². The number of hydrogen-bond acceptors (Lipinski definition) is 3. The summed E-state index contributed by atoms with van der Waals surface area (Å²) in [4.78, 5) is 21.5. The van der Waals surface area contributed by atoms with E-state index >= 15 is 0 Å². The van der Waals surface area contributed by atoms with Crippen LogP contribution >= 0.6 is 0 Å². The van der Waals surface area contributed by atoms with Crippen molar-refractivity contribution in [1.82, 2.24) is 0 Å². The van der Waals surface area contributed by atoms with E-state index in [1.165, 1.54) is 0 Å². The lowest BCUT2D eigenvalue weighted by Crippen LogP contribution is -2.36. The molecule has 3 heteroatoms. The Morgan fingerprint density at radius 1 is 1.17 bits per heavy atom. The zero-order valence-electron chi connectivity index (χ0n) is 7.47. The summed E-state index contributed by atoms with van der Waals surface area (Å²) in [5, 5.41) is 9.02. The van der Waals surface area contributed by atoms with Crippen molar-refractivity contribution >= 4 is 0 Å². The summed E-state index contributed by atoms with van der Waals surface area (Å²) in [5.41, 5.74) is -1.05. The molecule has 12 heavy (non-hydrogen) atoms. The fraction of sp³-hybridized carbons (Fsp3) is 0.556. The average molecular weight is 168 g/mol. The van der Waals surface area contributed by atoms with Crippen molar-refractivity contribution in [2.24, 2.45) is 5.41 Å². The molecular weight excluding hydrogens is 156 g/mol. The van der Waals surface area contributed by atoms with Crippen molar-refractivity contribution < 1.29 is 5.11 Å². The van der Waals surface area contributed by atoms with Crippen molar-refractivity contribution in [3.63, 3.8) is 0 Å². The zero-order valence-corrected chi connectivity index (χ0v) is 7.47. The molecule has 0 aliphatic carbocycles. The average Bonchev–Trinajstić information content (AvgIpc) is 1.96. The van der Waals surface area contributed by atoms with E-state index in [1.54, 1.807) is 0 Å². The van der Waals surface area contributed by atoms with Gasteiger partial charge in [-0.3, -0.25) is 9.59 Å². The predicted molar refractivity (Wildman–Crippen MR) is 46.2 cm³/mol. The van der Waals surface area contributed by atoms with Crippen LogP contribution in [0, 0.1) is 5.41 Å². The third-order valence-corrected chi connectivity index (χ3v) is 1.69. The highest BCUT2D eigenvalue weighted by Gasteiger charge is 2.24. The van der Waals surface area contributed by atoms with Gasteiger partial charge in [0.25, 0.3) is 5.43 Å². The van der Waals surface area contributed by atoms with Gasteiger partial charge in [0.2, 0.25) is 5.43 Å². The van der Waals surface area contributed by atoms with Crippen molar-refractivity contribution in [2.75, 3.05) is 0 Å². The summed E-state index contributed by atoms with van der Waals surface area (Å²) < 4.78 is 0. The molecule has 1 rings (SSSR count). The second-order valence-corrected chi connectivity index (χ2v) is 4.22. The van der Waals surface area contributed by atoms with E-state index in [4.69, 9.17) is 5.11 Å². The maximum atomic E-state index is 10.9. The lowest BCUT2D eigenvalue weighted by molar-refractivity contribution is 0.386. The Hall–Kier alpha value is -1.12. The van der Waals surface area contributed by atoms with Crippen LogP contribution < -0.4 is 10.9 Å². The highest BCUT2D eigenvalue weighted by Crippen LogP contribution is 2.22. The molecule has 0 saturated heterocycles. The van der Waals surface area contributed by atoms with Crippen LogP contribution in [0.1, 0.15) is 26.3 Å². The van der Waals surface area contributed by atoms with E-state index in [1.807, 2.05) is 20.8 Å². The largest absolute Gasteiger partial charge is 0.504 e. The topological polar surface area (TPSA) is 54.4 Å². The van der Waals surface area contributed by atoms with Crippen LogP contribution in [0.5, 0.6) is 5.75 Å². The van der Waals surface area contributed by atoms with Gasteiger partial charge < -0.3 is 5.11 Å². The normalized spacial score (nSPS) is 12.2. The molecular formula is C9H12O3. The molecule has 0 aliphatic rings. The first-order valence-electron chi connectivity index (χ1n) is 3.84. The first kappa shape index (κ1) is 8.97. The monoisotopic (exact) mass is 168 g/mol. The molecule has 3 nitrogen and oxygen atoms in total. The minimum Gasteiger partial charge on any atom is -0.504 e. The third-order valence-electron chi connectivity index (χ3n) is 1.69. The SMILES string of the molecule is CC(C)(C)Cc1c(O)c(=O)c1=O. The molecule has 0 aromatic heterocycles. The van der Waals surface area contributed by atoms with Crippen LogP contribution in [0.15, 0.2) is 9.59 Å². The van der Waals surface area contributed by atoms with Gasteiger partial charge in [0.05, 0.1) is 5.56 Å². The maximum Gasteiger partial charge on any atom is 0.267 e.